The molecule has 0 aliphatic carbocycles. The van der Waals surface area contributed by atoms with Crippen LogP contribution in [0, 0.1) is 13.8 Å². The fraction of sp³-hybridized carbons (Fsp3) is 0.524. The molecule has 0 spiro atoms. The maximum Gasteiger partial charge on any atom is 0.251 e. The second-order valence-corrected chi connectivity index (χ2v) is 7.78. The topological polar surface area (TPSA) is 52.2 Å². The minimum Gasteiger partial charge on any atom is -0.372 e. The summed E-state index contributed by atoms with van der Waals surface area (Å²) < 4.78 is 0. The van der Waals surface area contributed by atoms with Crippen molar-refractivity contribution in [3.05, 3.63) is 57.3 Å². The number of anilines is 1. The van der Waals surface area contributed by atoms with Crippen LogP contribution in [0.1, 0.15) is 47.8 Å². The Balaban J connectivity index is 1.42. The van der Waals surface area contributed by atoms with Crippen LogP contribution in [0.2, 0.25) is 0 Å². The van der Waals surface area contributed by atoms with E-state index >= 15 is 0 Å². The number of nitrogens with zero attached hydrogens (tertiary/aromatic N) is 3. The van der Waals surface area contributed by atoms with Crippen molar-refractivity contribution in [3.8, 4) is 0 Å². The summed E-state index contributed by atoms with van der Waals surface area (Å²) in [5.41, 5.74) is 5.05. The summed E-state index contributed by atoms with van der Waals surface area (Å²) in [5.74, 6) is 1.07. The highest BCUT2D eigenvalue weighted by molar-refractivity contribution is 5.51. The van der Waals surface area contributed by atoms with E-state index in [2.05, 4.69) is 44.9 Å². The first-order chi connectivity index (χ1) is 12.6. The monoisotopic (exact) mass is 352 g/mol. The van der Waals surface area contributed by atoms with Gasteiger partial charge in [-0.2, -0.15) is 0 Å². The molecule has 0 saturated carbocycles. The summed E-state index contributed by atoms with van der Waals surface area (Å²) in [6.45, 7) is 9.47. The maximum atomic E-state index is 11.7. The summed E-state index contributed by atoms with van der Waals surface area (Å²) in [4.78, 5) is 24.0. The van der Waals surface area contributed by atoms with E-state index in [-0.39, 0.29) is 5.56 Å². The van der Waals surface area contributed by atoms with Crippen LogP contribution in [-0.4, -0.2) is 41.0 Å². The number of hydrogen-bond donors (Lipinski definition) is 1. The predicted octanol–water partition coefficient (Wildman–Crippen LogP) is 2.98. The van der Waals surface area contributed by atoms with Crippen molar-refractivity contribution in [1.29, 1.82) is 0 Å². The van der Waals surface area contributed by atoms with E-state index in [1.54, 1.807) is 6.07 Å². The minimum absolute atomic E-state index is 0.0423. The van der Waals surface area contributed by atoms with Crippen molar-refractivity contribution < 1.29 is 0 Å². The van der Waals surface area contributed by atoms with Gasteiger partial charge in [-0.05, 0) is 62.9 Å². The summed E-state index contributed by atoms with van der Waals surface area (Å²) >= 11 is 0. The lowest BCUT2D eigenvalue weighted by molar-refractivity contribution is 0.325. The summed E-state index contributed by atoms with van der Waals surface area (Å²) in [6.07, 6.45) is 3.69. The van der Waals surface area contributed by atoms with E-state index in [4.69, 9.17) is 0 Å². The Morgan fingerprint density at radius 3 is 2.69 bits per heavy atom. The van der Waals surface area contributed by atoms with Crippen molar-refractivity contribution in [1.82, 2.24) is 14.9 Å². The number of benzene rings is 1. The molecular weight excluding hydrogens is 324 g/mol. The lowest BCUT2D eigenvalue weighted by Gasteiger charge is -2.21. The molecule has 138 valence electrons. The smallest absolute Gasteiger partial charge is 0.251 e. The van der Waals surface area contributed by atoms with Gasteiger partial charge >= 0.3 is 0 Å². The zero-order chi connectivity index (χ0) is 18.1. The first-order valence-corrected chi connectivity index (χ1v) is 9.73. The lowest BCUT2D eigenvalue weighted by Crippen LogP contribution is -2.22. The Bertz CT molecular complexity index is 838. The average molecular weight is 352 g/mol. The molecule has 0 unspecified atom stereocenters. The highest BCUT2D eigenvalue weighted by Crippen LogP contribution is 2.28. The highest BCUT2D eigenvalue weighted by Gasteiger charge is 2.26. The van der Waals surface area contributed by atoms with E-state index in [0.717, 1.165) is 31.7 Å². The zero-order valence-corrected chi connectivity index (χ0v) is 15.8. The SMILES string of the molecule is Cc1nc([C@@H]2CCN(Cc3ccc(N4CCCC4)cc3C)C2)cc(=O)[nH]1. The molecule has 1 N–H and O–H groups in total. The zero-order valence-electron chi connectivity index (χ0n) is 15.8. The molecule has 2 aliphatic rings. The van der Waals surface area contributed by atoms with Crippen LogP contribution in [0.5, 0.6) is 0 Å². The van der Waals surface area contributed by atoms with Gasteiger partial charge in [-0.3, -0.25) is 9.69 Å². The molecule has 2 saturated heterocycles. The van der Waals surface area contributed by atoms with Crippen molar-refractivity contribution in [3.63, 3.8) is 0 Å². The summed E-state index contributed by atoms with van der Waals surface area (Å²) in [6, 6.07) is 8.59. The van der Waals surface area contributed by atoms with Gasteiger partial charge in [0.15, 0.2) is 0 Å². The summed E-state index contributed by atoms with van der Waals surface area (Å²) in [7, 11) is 0. The number of likely N-dealkylation sites (tertiary alicyclic amines) is 1. The van der Waals surface area contributed by atoms with E-state index in [1.807, 2.05) is 6.92 Å². The highest BCUT2D eigenvalue weighted by atomic mass is 16.1. The fourth-order valence-electron chi connectivity index (χ4n) is 4.30. The molecule has 1 aromatic heterocycles. The number of aromatic nitrogens is 2. The van der Waals surface area contributed by atoms with Gasteiger partial charge in [-0.1, -0.05) is 6.07 Å². The molecule has 26 heavy (non-hydrogen) atoms. The predicted molar refractivity (Wildman–Crippen MR) is 105 cm³/mol. The Morgan fingerprint density at radius 2 is 1.96 bits per heavy atom. The van der Waals surface area contributed by atoms with Crippen molar-refractivity contribution >= 4 is 5.69 Å². The van der Waals surface area contributed by atoms with Gasteiger partial charge in [0.25, 0.3) is 5.56 Å². The largest absolute Gasteiger partial charge is 0.372 e. The second-order valence-electron chi connectivity index (χ2n) is 7.78. The molecule has 4 rings (SSSR count). The van der Waals surface area contributed by atoms with Crippen LogP contribution in [0.3, 0.4) is 0 Å². The Labute approximate surface area is 155 Å². The lowest BCUT2D eigenvalue weighted by atomic mass is 10.0. The molecule has 0 bridgehead atoms. The van der Waals surface area contributed by atoms with E-state index in [0.29, 0.717) is 11.7 Å². The second kappa shape index (κ2) is 7.23. The van der Waals surface area contributed by atoms with E-state index < -0.39 is 0 Å². The van der Waals surface area contributed by atoms with Crippen LogP contribution in [-0.2, 0) is 6.54 Å². The number of H-pyrrole nitrogens is 1. The first kappa shape index (κ1) is 17.3. The molecule has 0 amide bonds. The Hall–Kier alpha value is -2.14. The molecule has 1 atom stereocenters. The molecule has 3 heterocycles. The first-order valence-electron chi connectivity index (χ1n) is 9.73. The average Bonchev–Trinajstić information content (AvgIpc) is 3.27. The molecule has 0 radical (unpaired) electrons. The number of hydrogen-bond acceptors (Lipinski definition) is 4. The molecule has 2 aliphatic heterocycles. The molecule has 5 heteroatoms. The number of rotatable bonds is 4. The van der Waals surface area contributed by atoms with Crippen LogP contribution < -0.4 is 10.5 Å². The minimum atomic E-state index is -0.0423. The van der Waals surface area contributed by atoms with E-state index in [1.165, 1.54) is 42.7 Å². The van der Waals surface area contributed by atoms with Gasteiger partial charge in [0.05, 0.1) is 5.69 Å². The molecule has 1 aromatic carbocycles. The van der Waals surface area contributed by atoms with Crippen molar-refractivity contribution in [2.24, 2.45) is 0 Å². The third-order valence-corrected chi connectivity index (χ3v) is 5.76. The summed E-state index contributed by atoms with van der Waals surface area (Å²) in [5, 5.41) is 0. The van der Waals surface area contributed by atoms with Crippen molar-refractivity contribution in [2.75, 3.05) is 31.1 Å². The van der Waals surface area contributed by atoms with Gasteiger partial charge in [0, 0.05) is 43.9 Å². The van der Waals surface area contributed by atoms with Crippen LogP contribution >= 0.6 is 0 Å². The maximum absolute atomic E-state index is 11.7. The van der Waals surface area contributed by atoms with Crippen LogP contribution in [0.4, 0.5) is 5.69 Å². The van der Waals surface area contributed by atoms with Gasteiger partial charge in [-0.15, -0.1) is 0 Å². The number of nitrogens with one attached hydrogen (secondary N) is 1. The van der Waals surface area contributed by atoms with Crippen LogP contribution in [0.25, 0.3) is 0 Å². The fourth-order valence-corrected chi connectivity index (χ4v) is 4.30. The Morgan fingerprint density at radius 1 is 1.15 bits per heavy atom. The van der Waals surface area contributed by atoms with Gasteiger partial charge in [0.1, 0.15) is 5.82 Å². The van der Waals surface area contributed by atoms with Gasteiger partial charge in [0.2, 0.25) is 0 Å². The standard InChI is InChI=1S/C21H28N4O/c1-15-11-19(25-8-3-4-9-25)6-5-17(15)13-24-10-7-18(14-24)20-12-21(26)23-16(2)22-20/h5-6,11-12,18H,3-4,7-10,13-14H2,1-2H3,(H,22,23,26)/t18-/m1/s1. The molecule has 2 fully saturated rings. The number of aryl methyl sites for hydroxylation is 2. The third kappa shape index (κ3) is 3.68. The van der Waals surface area contributed by atoms with Gasteiger partial charge in [-0.25, -0.2) is 4.98 Å². The molecular formula is C21H28N4O. The third-order valence-electron chi connectivity index (χ3n) is 5.76. The quantitative estimate of drug-likeness (QED) is 0.919. The van der Waals surface area contributed by atoms with Crippen molar-refractivity contribution in [2.45, 2.75) is 45.6 Å². The number of aromatic amines is 1. The van der Waals surface area contributed by atoms with E-state index in [9.17, 15) is 4.79 Å². The van der Waals surface area contributed by atoms with Gasteiger partial charge < -0.3 is 9.88 Å². The Kier molecular flexibility index (Phi) is 4.81. The van der Waals surface area contributed by atoms with Crippen LogP contribution in [0.15, 0.2) is 29.1 Å². The molecule has 2 aromatic rings. The molecule has 5 nitrogen and oxygen atoms in total. The normalized spacial score (nSPS) is 20.8.